The molecular formula is C22H22N2O. The monoisotopic (exact) mass is 330 g/mol. The first-order valence-corrected chi connectivity index (χ1v) is 8.67. The number of para-hydroxylation sites is 2. The zero-order chi connectivity index (χ0) is 17.2. The van der Waals surface area contributed by atoms with Gasteiger partial charge in [0.25, 0.3) is 0 Å². The first-order chi connectivity index (χ1) is 12.2. The molecule has 126 valence electrons. The number of rotatable bonds is 5. The van der Waals surface area contributed by atoms with Gasteiger partial charge in [0.05, 0.1) is 12.6 Å². The minimum atomic E-state index is -0.472. The number of anilines is 1. The summed E-state index contributed by atoms with van der Waals surface area (Å²) in [7, 11) is 0. The van der Waals surface area contributed by atoms with Crippen molar-refractivity contribution in [2.45, 2.75) is 19.6 Å². The molecule has 0 bridgehead atoms. The minimum Gasteiger partial charge on any atom is -0.389 e. The van der Waals surface area contributed by atoms with Gasteiger partial charge in [-0.3, -0.25) is 0 Å². The lowest BCUT2D eigenvalue weighted by molar-refractivity contribution is 0.169. The molecule has 0 spiro atoms. The van der Waals surface area contributed by atoms with Crippen molar-refractivity contribution in [1.29, 1.82) is 0 Å². The van der Waals surface area contributed by atoms with Gasteiger partial charge in [-0.2, -0.15) is 0 Å². The molecule has 3 aromatic carbocycles. The van der Waals surface area contributed by atoms with E-state index >= 15 is 0 Å². The summed E-state index contributed by atoms with van der Waals surface area (Å²) in [5, 5.41) is 16.4. The number of aromatic nitrogens is 1. The van der Waals surface area contributed by atoms with Crippen LogP contribution < -0.4 is 5.32 Å². The van der Waals surface area contributed by atoms with E-state index in [0.717, 1.165) is 5.69 Å². The Kier molecular flexibility index (Phi) is 4.16. The highest BCUT2D eigenvalue weighted by molar-refractivity contribution is 6.07. The van der Waals surface area contributed by atoms with Crippen molar-refractivity contribution in [3.8, 4) is 0 Å². The van der Waals surface area contributed by atoms with Gasteiger partial charge in [0.2, 0.25) is 0 Å². The van der Waals surface area contributed by atoms with Crippen molar-refractivity contribution in [1.82, 2.24) is 4.57 Å². The molecule has 0 saturated carbocycles. The lowest BCUT2D eigenvalue weighted by Crippen LogP contribution is -2.24. The highest BCUT2D eigenvalue weighted by Crippen LogP contribution is 2.28. The average Bonchev–Trinajstić information content (AvgIpc) is 2.95. The predicted octanol–water partition coefficient (Wildman–Crippen LogP) is 4.58. The zero-order valence-corrected chi connectivity index (χ0v) is 14.3. The Morgan fingerprint density at radius 3 is 2.16 bits per heavy atom. The SMILES string of the molecule is Cc1cccc(NC[C@@H](O)Cn2c3ccccc3c3ccccc32)c1. The van der Waals surface area contributed by atoms with E-state index in [1.54, 1.807) is 0 Å². The Morgan fingerprint density at radius 1 is 0.880 bits per heavy atom. The minimum absolute atomic E-state index is 0.472. The maximum absolute atomic E-state index is 10.6. The summed E-state index contributed by atoms with van der Waals surface area (Å²) in [5.41, 5.74) is 4.58. The molecule has 0 fully saturated rings. The summed E-state index contributed by atoms with van der Waals surface area (Å²) in [6.45, 7) is 3.15. The summed E-state index contributed by atoms with van der Waals surface area (Å²) in [6, 6.07) is 25.0. The van der Waals surface area contributed by atoms with Gasteiger partial charge in [0.1, 0.15) is 0 Å². The molecule has 0 aliphatic carbocycles. The van der Waals surface area contributed by atoms with Gasteiger partial charge in [0, 0.05) is 34.0 Å². The van der Waals surface area contributed by atoms with Gasteiger partial charge >= 0.3 is 0 Å². The van der Waals surface area contributed by atoms with E-state index in [-0.39, 0.29) is 0 Å². The first kappa shape index (κ1) is 15.7. The fraction of sp³-hybridized carbons (Fsp3) is 0.182. The number of aliphatic hydroxyl groups is 1. The van der Waals surface area contributed by atoms with Crippen LogP contribution in [0, 0.1) is 6.92 Å². The predicted molar refractivity (Wildman–Crippen MR) is 105 cm³/mol. The van der Waals surface area contributed by atoms with Gasteiger partial charge in [-0.15, -0.1) is 0 Å². The lowest BCUT2D eigenvalue weighted by Gasteiger charge is -2.16. The summed E-state index contributed by atoms with van der Waals surface area (Å²) < 4.78 is 2.22. The molecule has 4 rings (SSSR count). The number of nitrogens with zero attached hydrogens (tertiary/aromatic N) is 1. The van der Waals surface area contributed by atoms with Crippen molar-refractivity contribution in [2.24, 2.45) is 0 Å². The van der Waals surface area contributed by atoms with E-state index in [1.807, 2.05) is 12.1 Å². The number of benzene rings is 3. The second-order valence-corrected chi connectivity index (χ2v) is 6.55. The van der Waals surface area contributed by atoms with E-state index in [1.165, 1.54) is 27.4 Å². The molecule has 1 aromatic heterocycles. The zero-order valence-electron chi connectivity index (χ0n) is 14.3. The van der Waals surface area contributed by atoms with Gasteiger partial charge in [-0.05, 0) is 36.8 Å². The van der Waals surface area contributed by atoms with Crippen LogP contribution in [0.15, 0.2) is 72.8 Å². The number of hydrogen-bond acceptors (Lipinski definition) is 2. The molecule has 3 nitrogen and oxygen atoms in total. The van der Waals surface area contributed by atoms with Crippen LogP contribution in [-0.4, -0.2) is 22.3 Å². The number of nitrogens with one attached hydrogen (secondary N) is 1. The summed E-state index contributed by atoms with van der Waals surface area (Å²) in [6.07, 6.45) is -0.472. The summed E-state index contributed by atoms with van der Waals surface area (Å²) in [5.74, 6) is 0. The highest BCUT2D eigenvalue weighted by Gasteiger charge is 2.13. The van der Waals surface area contributed by atoms with E-state index in [9.17, 15) is 5.11 Å². The molecule has 4 aromatic rings. The standard InChI is InChI=1S/C22H22N2O/c1-16-7-6-8-17(13-16)23-14-18(25)15-24-21-11-4-2-9-19(21)20-10-3-5-12-22(20)24/h2-13,18,23,25H,14-15H2,1H3/t18-/m1/s1. The molecular weight excluding hydrogens is 308 g/mol. The fourth-order valence-electron chi connectivity index (χ4n) is 3.47. The maximum Gasteiger partial charge on any atom is 0.0891 e. The van der Waals surface area contributed by atoms with Gasteiger partial charge in [0.15, 0.2) is 0 Å². The third-order valence-electron chi connectivity index (χ3n) is 4.63. The molecule has 0 aliphatic heterocycles. The molecule has 0 radical (unpaired) electrons. The van der Waals surface area contributed by atoms with Crippen LogP contribution in [0.3, 0.4) is 0 Å². The number of hydrogen-bond donors (Lipinski definition) is 2. The molecule has 1 heterocycles. The molecule has 0 unspecified atom stereocenters. The van der Waals surface area contributed by atoms with Crippen molar-refractivity contribution in [2.75, 3.05) is 11.9 Å². The van der Waals surface area contributed by atoms with Crippen LogP contribution in [0.2, 0.25) is 0 Å². The van der Waals surface area contributed by atoms with Crippen LogP contribution in [0.4, 0.5) is 5.69 Å². The number of aryl methyl sites for hydroxylation is 1. The molecule has 3 heteroatoms. The normalized spacial score (nSPS) is 12.6. The third kappa shape index (κ3) is 3.11. The Balaban J connectivity index is 1.59. The Hall–Kier alpha value is -2.78. The quantitative estimate of drug-likeness (QED) is 0.562. The summed E-state index contributed by atoms with van der Waals surface area (Å²) in [4.78, 5) is 0. The second-order valence-electron chi connectivity index (χ2n) is 6.55. The molecule has 1 atom stereocenters. The van der Waals surface area contributed by atoms with Crippen LogP contribution in [0.25, 0.3) is 21.8 Å². The topological polar surface area (TPSA) is 37.2 Å². The maximum atomic E-state index is 10.6. The van der Waals surface area contributed by atoms with Crippen LogP contribution >= 0.6 is 0 Å². The van der Waals surface area contributed by atoms with E-state index in [0.29, 0.717) is 13.1 Å². The van der Waals surface area contributed by atoms with Crippen LogP contribution in [-0.2, 0) is 6.54 Å². The smallest absolute Gasteiger partial charge is 0.0891 e. The van der Waals surface area contributed by atoms with Crippen molar-refractivity contribution in [3.63, 3.8) is 0 Å². The fourth-order valence-corrected chi connectivity index (χ4v) is 3.47. The molecule has 0 saturated heterocycles. The van der Waals surface area contributed by atoms with Gasteiger partial charge in [-0.25, -0.2) is 0 Å². The van der Waals surface area contributed by atoms with Gasteiger partial charge < -0.3 is 15.0 Å². The molecule has 0 aliphatic rings. The largest absolute Gasteiger partial charge is 0.389 e. The number of fused-ring (bicyclic) bond motifs is 3. The van der Waals surface area contributed by atoms with Crippen molar-refractivity contribution in [3.05, 3.63) is 78.4 Å². The lowest BCUT2D eigenvalue weighted by atomic mass is 10.2. The van der Waals surface area contributed by atoms with E-state index in [2.05, 4.69) is 77.5 Å². The first-order valence-electron chi connectivity index (χ1n) is 8.67. The Labute approximate surface area is 147 Å². The van der Waals surface area contributed by atoms with Crippen molar-refractivity contribution >= 4 is 27.5 Å². The molecule has 2 N–H and O–H groups in total. The Bertz CT molecular complexity index is 966. The Morgan fingerprint density at radius 2 is 1.52 bits per heavy atom. The second kappa shape index (κ2) is 6.61. The number of aliphatic hydroxyl groups excluding tert-OH is 1. The molecule has 25 heavy (non-hydrogen) atoms. The van der Waals surface area contributed by atoms with E-state index < -0.39 is 6.10 Å². The van der Waals surface area contributed by atoms with Gasteiger partial charge in [-0.1, -0.05) is 48.5 Å². The van der Waals surface area contributed by atoms with Crippen LogP contribution in [0.5, 0.6) is 0 Å². The summed E-state index contributed by atoms with van der Waals surface area (Å²) >= 11 is 0. The van der Waals surface area contributed by atoms with E-state index in [4.69, 9.17) is 0 Å². The average molecular weight is 330 g/mol. The third-order valence-corrected chi connectivity index (χ3v) is 4.63. The highest BCUT2D eigenvalue weighted by atomic mass is 16.3. The molecule has 0 amide bonds. The van der Waals surface area contributed by atoms with Crippen molar-refractivity contribution < 1.29 is 5.11 Å². The van der Waals surface area contributed by atoms with Crippen LogP contribution in [0.1, 0.15) is 5.56 Å².